The molecule has 1 aliphatic carbocycles. The second kappa shape index (κ2) is 3.34. The van der Waals surface area contributed by atoms with E-state index in [1.54, 1.807) is 0 Å². The number of hydrogen-bond acceptors (Lipinski definition) is 3. The van der Waals surface area contributed by atoms with Crippen molar-refractivity contribution in [1.82, 2.24) is 0 Å². The van der Waals surface area contributed by atoms with Crippen LogP contribution in [0.2, 0.25) is 0 Å². The van der Waals surface area contributed by atoms with Gasteiger partial charge in [0.1, 0.15) is 6.61 Å². The Labute approximate surface area is 101 Å². The van der Waals surface area contributed by atoms with E-state index in [2.05, 4.69) is 6.58 Å². The predicted molar refractivity (Wildman–Crippen MR) is 61.2 cm³/mol. The molecule has 0 radical (unpaired) electrons. The van der Waals surface area contributed by atoms with Crippen LogP contribution in [-0.2, 0) is 14.3 Å². The molecule has 0 bridgehead atoms. The molecule has 4 nitrogen and oxygen atoms in total. The standard InChI is InChI=1S/C13H18O4/c1-7-9(5-10(14)15)8(2)13(4)11(16)17-6-12(7,13)3/h8-9H,1,5-6H2,2-4H3,(H,14,15). The van der Waals surface area contributed by atoms with Gasteiger partial charge in [-0.3, -0.25) is 9.59 Å². The molecule has 2 fully saturated rings. The van der Waals surface area contributed by atoms with Gasteiger partial charge in [-0.2, -0.15) is 0 Å². The van der Waals surface area contributed by atoms with Gasteiger partial charge < -0.3 is 9.84 Å². The maximum Gasteiger partial charge on any atom is 0.313 e. The van der Waals surface area contributed by atoms with Crippen LogP contribution in [0.3, 0.4) is 0 Å². The third kappa shape index (κ3) is 1.24. The average molecular weight is 238 g/mol. The average Bonchev–Trinajstić information content (AvgIpc) is 2.56. The molecular formula is C13H18O4. The van der Waals surface area contributed by atoms with E-state index in [0.717, 1.165) is 5.57 Å². The van der Waals surface area contributed by atoms with E-state index in [0.29, 0.717) is 6.61 Å². The summed E-state index contributed by atoms with van der Waals surface area (Å²) in [7, 11) is 0. The fourth-order valence-corrected chi connectivity index (χ4v) is 3.45. The lowest BCUT2D eigenvalue weighted by molar-refractivity contribution is -0.149. The van der Waals surface area contributed by atoms with E-state index in [1.807, 2.05) is 20.8 Å². The van der Waals surface area contributed by atoms with Crippen LogP contribution in [0, 0.1) is 22.7 Å². The molecule has 0 spiro atoms. The molecule has 1 N–H and O–H groups in total. The summed E-state index contributed by atoms with van der Waals surface area (Å²) in [6, 6.07) is 0. The molecule has 2 aliphatic rings. The van der Waals surface area contributed by atoms with Crippen LogP contribution < -0.4 is 0 Å². The minimum Gasteiger partial charge on any atom is -0.481 e. The van der Waals surface area contributed by atoms with Gasteiger partial charge in [0, 0.05) is 5.41 Å². The summed E-state index contributed by atoms with van der Waals surface area (Å²) in [5.41, 5.74) is -0.214. The zero-order valence-electron chi connectivity index (χ0n) is 10.4. The second-order valence-corrected chi connectivity index (χ2v) is 5.63. The highest BCUT2D eigenvalue weighted by molar-refractivity contribution is 5.83. The van der Waals surface area contributed by atoms with Crippen LogP contribution in [-0.4, -0.2) is 23.7 Å². The predicted octanol–water partition coefficient (Wildman–Crippen LogP) is 1.85. The summed E-state index contributed by atoms with van der Waals surface area (Å²) in [6.45, 7) is 10.1. The summed E-state index contributed by atoms with van der Waals surface area (Å²) in [4.78, 5) is 22.9. The lowest BCUT2D eigenvalue weighted by Gasteiger charge is -2.32. The van der Waals surface area contributed by atoms with Crippen molar-refractivity contribution in [2.24, 2.45) is 22.7 Å². The highest BCUT2D eigenvalue weighted by atomic mass is 16.5. The Balaban J connectivity index is 2.44. The van der Waals surface area contributed by atoms with Gasteiger partial charge in [-0.15, -0.1) is 0 Å². The first kappa shape index (κ1) is 12.1. The molecule has 0 aromatic rings. The van der Waals surface area contributed by atoms with Crippen molar-refractivity contribution in [2.45, 2.75) is 27.2 Å². The number of hydrogen-bond donors (Lipinski definition) is 1. The molecule has 2 rings (SSSR count). The zero-order chi connectivity index (χ0) is 13.0. The van der Waals surface area contributed by atoms with E-state index < -0.39 is 16.8 Å². The summed E-state index contributed by atoms with van der Waals surface area (Å²) < 4.78 is 5.17. The number of carbonyl (C=O) groups excluding carboxylic acids is 1. The Kier molecular flexibility index (Phi) is 2.39. The molecular weight excluding hydrogens is 220 g/mol. The van der Waals surface area contributed by atoms with Crippen molar-refractivity contribution in [2.75, 3.05) is 6.61 Å². The first-order valence-electron chi connectivity index (χ1n) is 5.83. The lowest BCUT2D eigenvalue weighted by atomic mass is 9.66. The van der Waals surface area contributed by atoms with Gasteiger partial charge in [0.25, 0.3) is 0 Å². The molecule has 4 atom stereocenters. The van der Waals surface area contributed by atoms with Crippen molar-refractivity contribution >= 4 is 11.9 Å². The Bertz CT molecular complexity index is 414. The third-order valence-electron chi connectivity index (χ3n) is 5.13. The quantitative estimate of drug-likeness (QED) is 0.589. The van der Waals surface area contributed by atoms with E-state index in [9.17, 15) is 9.59 Å². The number of carbonyl (C=O) groups is 2. The molecule has 0 aromatic heterocycles. The molecule has 0 aromatic carbocycles. The molecule has 1 heterocycles. The molecule has 94 valence electrons. The van der Waals surface area contributed by atoms with Gasteiger partial charge in [0.2, 0.25) is 0 Å². The van der Waals surface area contributed by atoms with E-state index in [4.69, 9.17) is 9.84 Å². The fourth-order valence-electron chi connectivity index (χ4n) is 3.45. The summed E-state index contributed by atoms with van der Waals surface area (Å²) in [5, 5.41) is 8.95. The van der Waals surface area contributed by atoms with Gasteiger partial charge in [0.05, 0.1) is 11.8 Å². The molecule has 4 heteroatoms. The van der Waals surface area contributed by atoms with E-state index in [-0.39, 0.29) is 24.2 Å². The Morgan fingerprint density at radius 1 is 1.59 bits per heavy atom. The van der Waals surface area contributed by atoms with Gasteiger partial charge in [-0.05, 0) is 18.8 Å². The van der Waals surface area contributed by atoms with Gasteiger partial charge in [-0.1, -0.05) is 26.0 Å². The Hall–Kier alpha value is -1.32. The zero-order valence-corrected chi connectivity index (χ0v) is 10.4. The normalized spacial score (nSPS) is 44.6. The van der Waals surface area contributed by atoms with Crippen LogP contribution in [0.5, 0.6) is 0 Å². The number of carboxylic acids is 1. The number of ether oxygens (including phenoxy) is 1. The summed E-state index contributed by atoms with van der Waals surface area (Å²) in [6.07, 6.45) is 0.0401. The van der Waals surface area contributed by atoms with Gasteiger partial charge in [-0.25, -0.2) is 0 Å². The molecule has 4 unspecified atom stereocenters. The molecule has 0 amide bonds. The lowest BCUT2D eigenvalue weighted by Crippen LogP contribution is -2.38. The molecule has 1 saturated carbocycles. The smallest absolute Gasteiger partial charge is 0.313 e. The molecule has 17 heavy (non-hydrogen) atoms. The number of esters is 1. The topological polar surface area (TPSA) is 63.6 Å². The molecule has 1 aliphatic heterocycles. The summed E-state index contributed by atoms with van der Waals surface area (Å²) >= 11 is 0. The number of rotatable bonds is 2. The number of carboxylic acid groups (broad SMARTS) is 1. The largest absolute Gasteiger partial charge is 0.481 e. The van der Waals surface area contributed by atoms with Crippen LogP contribution in [0.15, 0.2) is 12.2 Å². The van der Waals surface area contributed by atoms with Crippen molar-refractivity contribution in [1.29, 1.82) is 0 Å². The van der Waals surface area contributed by atoms with Crippen molar-refractivity contribution in [3.63, 3.8) is 0 Å². The fraction of sp³-hybridized carbons (Fsp3) is 0.692. The first-order chi connectivity index (χ1) is 7.75. The number of aliphatic carboxylic acids is 1. The number of cyclic esters (lactones) is 1. The van der Waals surface area contributed by atoms with E-state index >= 15 is 0 Å². The minimum absolute atomic E-state index is 0.0401. The van der Waals surface area contributed by atoms with Crippen LogP contribution in [0.25, 0.3) is 0 Å². The van der Waals surface area contributed by atoms with E-state index in [1.165, 1.54) is 0 Å². The Morgan fingerprint density at radius 2 is 2.18 bits per heavy atom. The van der Waals surface area contributed by atoms with Crippen LogP contribution in [0.4, 0.5) is 0 Å². The second-order valence-electron chi connectivity index (χ2n) is 5.63. The maximum absolute atomic E-state index is 12.0. The monoisotopic (exact) mass is 238 g/mol. The highest BCUT2D eigenvalue weighted by Gasteiger charge is 2.68. The highest BCUT2D eigenvalue weighted by Crippen LogP contribution is 2.65. The summed E-state index contributed by atoms with van der Waals surface area (Å²) in [5.74, 6) is -1.26. The minimum atomic E-state index is -0.844. The van der Waals surface area contributed by atoms with Crippen molar-refractivity contribution in [3.05, 3.63) is 12.2 Å². The molecule has 1 saturated heterocycles. The van der Waals surface area contributed by atoms with Gasteiger partial charge >= 0.3 is 11.9 Å². The van der Waals surface area contributed by atoms with Crippen LogP contribution >= 0.6 is 0 Å². The number of fused-ring (bicyclic) bond motifs is 1. The van der Waals surface area contributed by atoms with Crippen molar-refractivity contribution in [3.8, 4) is 0 Å². The maximum atomic E-state index is 12.0. The first-order valence-corrected chi connectivity index (χ1v) is 5.83. The SMILES string of the molecule is C=C1C(CC(=O)O)C(C)C2(C)C(=O)OCC12C. The van der Waals surface area contributed by atoms with Gasteiger partial charge in [0.15, 0.2) is 0 Å². The third-order valence-corrected chi connectivity index (χ3v) is 5.13. The van der Waals surface area contributed by atoms with Crippen LogP contribution in [0.1, 0.15) is 27.2 Å². The Morgan fingerprint density at radius 3 is 2.65 bits per heavy atom. The van der Waals surface area contributed by atoms with Crippen molar-refractivity contribution < 1.29 is 19.4 Å².